The Balaban J connectivity index is 2.33. The zero-order valence-corrected chi connectivity index (χ0v) is 22.7. The third-order valence-corrected chi connectivity index (χ3v) is 5.92. The second-order valence-corrected chi connectivity index (χ2v) is 10.2. The number of carbonyl (C=O) groups is 1. The molecule has 0 radical (unpaired) electrons. The monoisotopic (exact) mass is 498 g/mol. The maximum atomic E-state index is 13.6. The van der Waals surface area contributed by atoms with Gasteiger partial charge in [-0.3, -0.25) is 14.7 Å². The van der Waals surface area contributed by atoms with Crippen molar-refractivity contribution in [2.75, 3.05) is 20.3 Å². The summed E-state index contributed by atoms with van der Waals surface area (Å²) in [4.78, 5) is 19.1. The molecule has 1 aromatic rings. The SMILES string of the molecule is C\C=C/C=C(C)/C=N/C(=C/CCc1ccc(CC(C)C)c(OC)c1)C(=O)N(C(C)(O)O)C1(C)COC1. The van der Waals surface area contributed by atoms with Crippen molar-refractivity contribution in [3.8, 4) is 5.75 Å². The summed E-state index contributed by atoms with van der Waals surface area (Å²) in [6.45, 7) is 11.5. The highest BCUT2D eigenvalue weighted by atomic mass is 16.5. The van der Waals surface area contributed by atoms with Crippen LogP contribution in [0.25, 0.3) is 0 Å². The van der Waals surface area contributed by atoms with Crippen molar-refractivity contribution in [2.45, 2.75) is 72.3 Å². The van der Waals surface area contributed by atoms with Crippen LogP contribution >= 0.6 is 0 Å². The number of aliphatic imine (C=N–C) groups is 1. The van der Waals surface area contributed by atoms with E-state index in [1.54, 1.807) is 26.3 Å². The van der Waals surface area contributed by atoms with Crippen LogP contribution in [0.3, 0.4) is 0 Å². The summed E-state index contributed by atoms with van der Waals surface area (Å²) in [5.74, 6) is -1.53. The first-order valence-corrected chi connectivity index (χ1v) is 12.5. The van der Waals surface area contributed by atoms with Crippen LogP contribution in [-0.4, -0.2) is 59.0 Å². The third-order valence-electron chi connectivity index (χ3n) is 5.92. The molecule has 7 nitrogen and oxygen atoms in total. The highest BCUT2D eigenvalue weighted by Crippen LogP contribution is 2.31. The van der Waals surface area contributed by atoms with Gasteiger partial charge < -0.3 is 19.7 Å². The second-order valence-electron chi connectivity index (χ2n) is 10.2. The summed E-state index contributed by atoms with van der Waals surface area (Å²) in [6, 6.07) is 6.22. The Kier molecular flexibility index (Phi) is 10.6. The molecule has 1 fully saturated rings. The Labute approximate surface area is 215 Å². The molecule has 1 aliphatic heterocycles. The molecule has 0 saturated carbocycles. The lowest BCUT2D eigenvalue weighted by molar-refractivity contribution is -0.294. The van der Waals surface area contributed by atoms with E-state index in [-0.39, 0.29) is 18.9 Å². The van der Waals surface area contributed by atoms with Gasteiger partial charge >= 0.3 is 0 Å². The summed E-state index contributed by atoms with van der Waals surface area (Å²) in [5, 5.41) is 20.9. The first-order valence-electron chi connectivity index (χ1n) is 12.5. The molecular weight excluding hydrogens is 456 g/mol. The van der Waals surface area contributed by atoms with Crippen LogP contribution in [0.1, 0.15) is 59.1 Å². The van der Waals surface area contributed by atoms with Gasteiger partial charge in [0.05, 0.1) is 25.9 Å². The number of hydrogen-bond donors (Lipinski definition) is 2. The maximum absolute atomic E-state index is 13.6. The summed E-state index contributed by atoms with van der Waals surface area (Å²) < 4.78 is 10.9. The number of amides is 1. The summed E-state index contributed by atoms with van der Waals surface area (Å²) in [7, 11) is 1.68. The minimum atomic E-state index is -2.36. The molecule has 1 aliphatic rings. The maximum Gasteiger partial charge on any atom is 0.276 e. The highest BCUT2D eigenvalue weighted by molar-refractivity contribution is 5.96. The highest BCUT2D eigenvalue weighted by Gasteiger charge is 2.50. The van der Waals surface area contributed by atoms with E-state index in [1.807, 2.05) is 38.1 Å². The van der Waals surface area contributed by atoms with Gasteiger partial charge in [-0.1, -0.05) is 50.3 Å². The Hall–Kier alpha value is -2.74. The van der Waals surface area contributed by atoms with E-state index in [9.17, 15) is 15.0 Å². The second kappa shape index (κ2) is 13.0. The Morgan fingerprint density at radius 1 is 1.33 bits per heavy atom. The molecule has 0 spiro atoms. The van der Waals surface area contributed by atoms with Crippen LogP contribution in [0.4, 0.5) is 0 Å². The van der Waals surface area contributed by atoms with Crippen LogP contribution in [-0.2, 0) is 22.4 Å². The van der Waals surface area contributed by atoms with Gasteiger partial charge in [0.25, 0.3) is 5.91 Å². The number of methoxy groups -OCH3 is 1. The molecule has 1 amide bonds. The molecule has 198 valence electrons. The smallest absolute Gasteiger partial charge is 0.276 e. The minimum absolute atomic E-state index is 0.147. The summed E-state index contributed by atoms with van der Waals surface area (Å²) in [6.07, 6.45) is 11.2. The standard InChI is InChI=1S/C29H42N2O5/c1-8-9-11-22(4)18-30-25(27(32)31(29(6,33)34)28(5)19-36-20-28)13-10-12-23-14-15-24(16-21(2)3)26(17-23)35-7/h8-9,11,13-15,17-18,21,33-34H,10,12,16,19-20H2,1-7H3/b9-8-,22-11+,25-13+,30-18+. The first kappa shape index (κ1) is 29.5. The molecule has 0 atom stereocenters. The van der Waals surface area contributed by atoms with Gasteiger partial charge in [-0.15, -0.1) is 0 Å². The zero-order chi connectivity index (χ0) is 26.9. The lowest BCUT2D eigenvalue weighted by Crippen LogP contribution is -2.69. The fourth-order valence-corrected chi connectivity index (χ4v) is 4.18. The van der Waals surface area contributed by atoms with E-state index in [1.165, 1.54) is 12.5 Å². The molecule has 7 heteroatoms. The van der Waals surface area contributed by atoms with Crippen molar-refractivity contribution >= 4 is 12.1 Å². The molecule has 1 aromatic carbocycles. The molecule has 1 saturated heterocycles. The quantitative estimate of drug-likeness (QED) is 0.191. The zero-order valence-electron chi connectivity index (χ0n) is 22.7. The normalized spacial score (nSPS) is 16.6. The van der Waals surface area contributed by atoms with Gasteiger partial charge in [0, 0.05) is 13.1 Å². The number of ether oxygens (including phenoxy) is 2. The van der Waals surface area contributed by atoms with E-state index >= 15 is 0 Å². The number of aliphatic hydroxyl groups is 2. The van der Waals surface area contributed by atoms with Crippen molar-refractivity contribution < 1.29 is 24.5 Å². The molecule has 2 N–H and O–H groups in total. The van der Waals surface area contributed by atoms with Crippen LogP contribution in [0.5, 0.6) is 5.75 Å². The number of nitrogens with zero attached hydrogens (tertiary/aromatic N) is 2. The fourth-order valence-electron chi connectivity index (χ4n) is 4.18. The van der Waals surface area contributed by atoms with E-state index in [0.29, 0.717) is 18.8 Å². The number of carbonyl (C=O) groups excluding carboxylic acids is 1. The van der Waals surface area contributed by atoms with E-state index in [0.717, 1.165) is 28.2 Å². The first-order chi connectivity index (χ1) is 16.9. The Morgan fingerprint density at radius 2 is 2.03 bits per heavy atom. The molecule has 0 bridgehead atoms. The molecule has 36 heavy (non-hydrogen) atoms. The topological polar surface area (TPSA) is 91.6 Å². The molecular formula is C29H42N2O5. The van der Waals surface area contributed by atoms with Gasteiger partial charge in [-0.05, 0) is 68.7 Å². The van der Waals surface area contributed by atoms with E-state index in [2.05, 4.69) is 31.0 Å². The number of allylic oxidation sites excluding steroid dienone is 5. The number of hydrogen-bond acceptors (Lipinski definition) is 6. The van der Waals surface area contributed by atoms with E-state index in [4.69, 9.17) is 9.47 Å². The lowest BCUT2D eigenvalue weighted by Gasteiger charge is -2.50. The largest absolute Gasteiger partial charge is 0.496 e. The van der Waals surface area contributed by atoms with Crippen molar-refractivity contribution in [3.05, 3.63) is 64.9 Å². The number of aryl methyl sites for hydroxylation is 1. The van der Waals surface area contributed by atoms with Crippen molar-refractivity contribution in [1.82, 2.24) is 4.90 Å². The van der Waals surface area contributed by atoms with Gasteiger partial charge in [0.1, 0.15) is 11.4 Å². The predicted molar refractivity (Wildman–Crippen MR) is 144 cm³/mol. The Bertz CT molecular complexity index is 1010. The predicted octanol–water partition coefficient (Wildman–Crippen LogP) is 4.58. The van der Waals surface area contributed by atoms with Crippen molar-refractivity contribution in [1.29, 1.82) is 0 Å². The molecule has 0 unspecified atom stereocenters. The molecule has 1 heterocycles. The van der Waals surface area contributed by atoms with Crippen molar-refractivity contribution in [2.24, 2.45) is 10.9 Å². The van der Waals surface area contributed by atoms with E-state index < -0.39 is 17.4 Å². The summed E-state index contributed by atoms with van der Waals surface area (Å²) >= 11 is 0. The van der Waals surface area contributed by atoms with Gasteiger partial charge in [-0.25, -0.2) is 0 Å². The average molecular weight is 499 g/mol. The average Bonchev–Trinajstić information content (AvgIpc) is 2.78. The van der Waals surface area contributed by atoms with Crippen LogP contribution in [0, 0.1) is 5.92 Å². The Morgan fingerprint density at radius 3 is 2.56 bits per heavy atom. The van der Waals surface area contributed by atoms with Crippen LogP contribution in [0.15, 0.2) is 58.8 Å². The molecule has 0 aromatic heterocycles. The number of benzene rings is 1. The minimum Gasteiger partial charge on any atom is -0.496 e. The summed E-state index contributed by atoms with van der Waals surface area (Å²) in [5.41, 5.74) is 2.43. The van der Waals surface area contributed by atoms with Gasteiger partial charge in [0.2, 0.25) is 5.91 Å². The third kappa shape index (κ3) is 8.15. The van der Waals surface area contributed by atoms with Gasteiger partial charge in [-0.2, -0.15) is 0 Å². The lowest BCUT2D eigenvalue weighted by atomic mass is 9.96. The fraction of sp³-hybridized carbons (Fsp3) is 0.517. The van der Waals surface area contributed by atoms with Crippen molar-refractivity contribution in [3.63, 3.8) is 0 Å². The molecule has 0 aliphatic carbocycles. The van der Waals surface area contributed by atoms with Crippen LogP contribution < -0.4 is 4.74 Å². The number of rotatable bonds is 12. The van der Waals surface area contributed by atoms with Gasteiger partial charge in [0.15, 0.2) is 0 Å². The van der Waals surface area contributed by atoms with Crippen LogP contribution in [0.2, 0.25) is 0 Å². The molecule has 2 rings (SSSR count).